The number of hydrogen-bond donors (Lipinski definition) is 1. The number of benzene rings is 1. The van der Waals surface area contributed by atoms with Crippen molar-refractivity contribution in [1.29, 1.82) is 0 Å². The van der Waals surface area contributed by atoms with Crippen LogP contribution in [0.5, 0.6) is 0 Å². The van der Waals surface area contributed by atoms with E-state index in [-0.39, 0.29) is 0 Å². The van der Waals surface area contributed by atoms with Gasteiger partial charge < -0.3 is 5.32 Å². The van der Waals surface area contributed by atoms with Crippen molar-refractivity contribution in [2.45, 2.75) is 18.9 Å². The fourth-order valence-corrected chi connectivity index (χ4v) is 3.55. The molecule has 0 saturated heterocycles. The average Bonchev–Trinajstić information content (AvgIpc) is 3.13. The maximum Gasteiger partial charge on any atom is 0.0360 e. The van der Waals surface area contributed by atoms with Crippen LogP contribution in [0.3, 0.4) is 0 Å². The molecule has 1 aliphatic carbocycles. The van der Waals surface area contributed by atoms with Gasteiger partial charge in [0.1, 0.15) is 0 Å². The van der Waals surface area contributed by atoms with E-state index in [1.165, 1.54) is 28.2 Å². The molecule has 1 nitrogen and oxygen atoms in total. The van der Waals surface area contributed by atoms with Crippen LogP contribution < -0.4 is 5.32 Å². The van der Waals surface area contributed by atoms with Gasteiger partial charge in [-0.2, -0.15) is 0 Å². The Kier molecular flexibility index (Phi) is 4.16. The van der Waals surface area contributed by atoms with Crippen LogP contribution in [0.2, 0.25) is 0 Å². The Hall–Kier alpha value is -0.900. The molecule has 3 heteroatoms. The highest BCUT2D eigenvalue weighted by atomic mass is 79.9. The van der Waals surface area contributed by atoms with E-state index in [0.717, 1.165) is 17.1 Å². The Morgan fingerprint density at radius 2 is 2.05 bits per heavy atom. The second-order valence-electron chi connectivity index (χ2n) is 4.77. The zero-order valence-electron chi connectivity index (χ0n) is 10.6. The maximum atomic E-state index is 3.61. The molecule has 0 bridgehead atoms. The smallest absolute Gasteiger partial charge is 0.0360 e. The van der Waals surface area contributed by atoms with Crippen molar-refractivity contribution in [3.63, 3.8) is 0 Å². The lowest BCUT2D eigenvalue weighted by atomic mass is 10.2. The number of rotatable bonds is 5. The van der Waals surface area contributed by atoms with Crippen LogP contribution in [0.1, 0.15) is 17.7 Å². The first-order chi connectivity index (χ1) is 9.33. The number of hydrogen-bond acceptors (Lipinski definition) is 2. The summed E-state index contributed by atoms with van der Waals surface area (Å²) in [6.07, 6.45) is 7.12. The van der Waals surface area contributed by atoms with Crippen molar-refractivity contribution >= 4 is 33.3 Å². The van der Waals surface area contributed by atoms with Crippen molar-refractivity contribution in [1.82, 2.24) is 5.32 Å². The van der Waals surface area contributed by atoms with Gasteiger partial charge in [0.15, 0.2) is 0 Å². The van der Waals surface area contributed by atoms with Crippen molar-refractivity contribution in [2.24, 2.45) is 0 Å². The molecule has 98 valence electrons. The maximum absolute atomic E-state index is 3.61. The highest BCUT2D eigenvalue weighted by Crippen LogP contribution is 2.33. The minimum Gasteiger partial charge on any atom is -0.311 e. The van der Waals surface area contributed by atoms with Crippen LogP contribution in [-0.4, -0.2) is 12.6 Å². The highest BCUT2D eigenvalue weighted by molar-refractivity contribution is 9.10. The van der Waals surface area contributed by atoms with Crippen molar-refractivity contribution in [3.05, 3.63) is 51.8 Å². The van der Waals surface area contributed by atoms with Crippen molar-refractivity contribution < 1.29 is 0 Å². The predicted molar refractivity (Wildman–Crippen MR) is 87.5 cm³/mol. The summed E-state index contributed by atoms with van der Waals surface area (Å²) in [4.78, 5) is 2.62. The largest absolute Gasteiger partial charge is 0.311 e. The van der Waals surface area contributed by atoms with Crippen LogP contribution in [0.4, 0.5) is 0 Å². The van der Waals surface area contributed by atoms with E-state index in [2.05, 4.69) is 63.7 Å². The number of nitrogens with one attached hydrogen (secondary N) is 1. The summed E-state index contributed by atoms with van der Waals surface area (Å²) in [5.41, 5.74) is 1.27. The first-order valence-electron chi connectivity index (χ1n) is 6.57. The second-order valence-corrected chi connectivity index (χ2v) is 6.74. The molecule has 3 rings (SSSR count). The van der Waals surface area contributed by atoms with Gasteiger partial charge in [0.25, 0.3) is 0 Å². The molecule has 19 heavy (non-hydrogen) atoms. The Morgan fingerprint density at radius 3 is 2.84 bits per heavy atom. The number of thiophene rings is 1. The van der Waals surface area contributed by atoms with Gasteiger partial charge in [0.2, 0.25) is 0 Å². The van der Waals surface area contributed by atoms with Gasteiger partial charge in [-0.05, 0) is 37.1 Å². The van der Waals surface area contributed by atoms with Crippen molar-refractivity contribution in [3.8, 4) is 10.4 Å². The lowest BCUT2D eigenvalue weighted by molar-refractivity contribution is 0.754. The van der Waals surface area contributed by atoms with Gasteiger partial charge >= 0.3 is 0 Å². The fraction of sp³-hybridized carbons (Fsp3) is 0.250. The molecule has 1 N–H and O–H groups in total. The Labute approximate surface area is 126 Å². The Morgan fingerprint density at radius 1 is 1.21 bits per heavy atom. The third-order valence-corrected chi connectivity index (χ3v) is 4.93. The molecule has 1 aliphatic rings. The lowest BCUT2D eigenvalue weighted by Gasteiger charge is -1.99. The molecule has 1 aromatic heterocycles. The van der Waals surface area contributed by atoms with E-state index in [4.69, 9.17) is 0 Å². The van der Waals surface area contributed by atoms with Gasteiger partial charge in [-0.3, -0.25) is 0 Å². The van der Waals surface area contributed by atoms with Crippen LogP contribution in [0.15, 0.2) is 46.9 Å². The standard InChI is InChI=1S/C16H16BrNS/c17-15-6-2-1-5-14(15)16-10-9-13(19-16)4-3-11-18-12-7-8-12/h1-6,9-10,12,18H,7-8,11H2. The summed E-state index contributed by atoms with van der Waals surface area (Å²) >= 11 is 5.44. The van der Waals surface area contributed by atoms with Crippen LogP contribution in [-0.2, 0) is 0 Å². The number of halogens is 1. The minimum atomic E-state index is 0.781. The first kappa shape index (κ1) is 13.1. The molecule has 0 amide bonds. The van der Waals surface area contributed by atoms with E-state index in [0.29, 0.717) is 0 Å². The van der Waals surface area contributed by atoms with E-state index in [1.807, 2.05) is 17.4 Å². The fourth-order valence-electron chi connectivity index (χ4n) is 1.95. The topological polar surface area (TPSA) is 12.0 Å². The van der Waals surface area contributed by atoms with Crippen LogP contribution in [0, 0.1) is 0 Å². The Bertz CT molecular complexity index is 584. The minimum absolute atomic E-state index is 0.781. The summed E-state index contributed by atoms with van der Waals surface area (Å²) in [5, 5.41) is 3.48. The summed E-state index contributed by atoms with van der Waals surface area (Å²) < 4.78 is 1.16. The van der Waals surface area contributed by atoms with Gasteiger partial charge in [0.05, 0.1) is 0 Å². The monoisotopic (exact) mass is 333 g/mol. The molecule has 1 fully saturated rings. The quantitative estimate of drug-likeness (QED) is 0.816. The highest BCUT2D eigenvalue weighted by Gasteiger charge is 2.18. The van der Waals surface area contributed by atoms with Gasteiger partial charge in [-0.25, -0.2) is 0 Å². The molecular formula is C16H16BrNS. The summed E-state index contributed by atoms with van der Waals surface area (Å²) in [6, 6.07) is 13.5. The van der Waals surface area contributed by atoms with Gasteiger partial charge in [-0.15, -0.1) is 11.3 Å². The molecule has 0 spiro atoms. The zero-order chi connectivity index (χ0) is 13.1. The summed E-state index contributed by atoms with van der Waals surface area (Å²) in [5.74, 6) is 0. The molecule has 0 atom stereocenters. The first-order valence-corrected chi connectivity index (χ1v) is 8.18. The third-order valence-electron chi connectivity index (χ3n) is 3.15. The normalized spacial score (nSPS) is 15.2. The molecule has 0 aliphatic heterocycles. The Balaban J connectivity index is 1.67. The molecule has 0 unspecified atom stereocenters. The van der Waals surface area contributed by atoms with E-state index < -0.39 is 0 Å². The van der Waals surface area contributed by atoms with Crippen molar-refractivity contribution in [2.75, 3.05) is 6.54 Å². The molecule has 2 aromatic rings. The summed E-state index contributed by atoms with van der Waals surface area (Å²) in [7, 11) is 0. The molecule has 1 saturated carbocycles. The van der Waals surface area contributed by atoms with Gasteiger partial charge in [0, 0.05) is 32.4 Å². The molecule has 0 radical (unpaired) electrons. The predicted octanol–water partition coefficient (Wildman–Crippen LogP) is 4.94. The van der Waals surface area contributed by atoms with Crippen LogP contribution >= 0.6 is 27.3 Å². The lowest BCUT2D eigenvalue weighted by Crippen LogP contribution is -2.15. The van der Waals surface area contributed by atoms with Gasteiger partial charge in [-0.1, -0.05) is 40.2 Å². The molecular weight excluding hydrogens is 318 g/mol. The van der Waals surface area contributed by atoms with E-state index in [1.54, 1.807) is 0 Å². The molecule has 1 heterocycles. The van der Waals surface area contributed by atoms with E-state index in [9.17, 15) is 0 Å². The third kappa shape index (κ3) is 3.56. The summed E-state index contributed by atoms with van der Waals surface area (Å²) in [6.45, 7) is 0.979. The van der Waals surface area contributed by atoms with E-state index >= 15 is 0 Å². The SMILES string of the molecule is Brc1ccccc1-c1ccc(C=CCNC2CC2)s1. The average molecular weight is 334 g/mol. The second kappa shape index (κ2) is 6.04. The molecule has 1 aromatic carbocycles. The van der Waals surface area contributed by atoms with Crippen LogP contribution in [0.25, 0.3) is 16.5 Å². The zero-order valence-corrected chi connectivity index (χ0v) is 13.0.